The number of carboxylic acids is 1. The van der Waals surface area contributed by atoms with Gasteiger partial charge < -0.3 is 19.9 Å². The zero-order valence-corrected chi connectivity index (χ0v) is 15.1. The Kier molecular flexibility index (Phi) is 8.21. The van der Waals surface area contributed by atoms with E-state index in [9.17, 15) is 14.4 Å². The lowest BCUT2D eigenvalue weighted by Crippen LogP contribution is -2.33. The van der Waals surface area contributed by atoms with Crippen molar-refractivity contribution in [3.8, 4) is 0 Å². The minimum atomic E-state index is -1.06. The van der Waals surface area contributed by atoms with Crippen LogP contribution in [0.25, 0.3) is 0 Å². The Hall–Kier alpha value is -2.28. The second kappa shape index (κ2) is 9.88. The fourth-order valence-corrected chi connectivity index (χ4v) is 2.06. The van der Waals surface area contributed by atoms with Crippen LogP contribution in [0, 0.1) is 5.92 Å². The van der Waals surface area contributed by atoms with Crippen LogP contribution in [0.1, 0.15) is 45.2 Å². The van der Waals surface area contributed by atoms with Crippen LogP contribution in [0.3, 0.4) is 0 Å². The summed E-state index contributed by atoms with van der Waals surface area (Å²) in [6.07, 6.45) is -1.83. The Morgan fingerprint density at radius 2 is 1.72 bits per heavy atom. The molecule has 0 spiro atoms. The fourth-order valence-electron chi connectivity index (χ4n) is 1.94. The molecule has 0 bridgehead atoms. The van der Waals surface area contributed by atoms with E-state index in [1.54, 1.807) is 38.1 Å². The predicted molar refractivity (Wildman–Crippen MR) is 91.1 cm³/mol. The molecule has 1 amide bonds. The Morgan fingerprint density at radius 3 is 2.24 bits per heavy atom. The highest BCUT2D eigenvalue weighted by atomic mass is 35.5. The van der Waals surface area contributed by atoms with E-state index in [2.05, 4.69) is 5.32 Å². The van der Waals surface area contributed by atoms with Crippen LogP contribution in [0.5, 0.6) is 0 Å². The normalized spacial score (nSPS) is 13.0. The molecule has 2 atom stereocenters. The average molecular weight is 372 g/mol. The highest BCUT2D eigenvalue weighted by Crippen LogP contribution is 2.21. The third-order valence-corrected chi connectivity index (χ3v) is 3.49. The second-order valence-corrected chi connectivity index (χ2v) is 6.18. The van der Waals surface area contributed by atoms with Gasteiger partial charge in [-0.1, -0.05) is 37.6 Å². The first-order valence-electron chi connectivity index (χ1n) is 7.84. The molecule has 25 heavy (non-hydrogen) atoms. The number of carboxylic acid groups (broad SMARTS) is 1. The molecule has 0 saturated heterocycles. The Bertz CT molecular complexity index is 602. The Labute approximate surface area is 151 Å². The van der Waals surface area contributed by atoms with Gasteiger partial charge in [0.2, 0.25) is 6.29 Å². The molecule has 0 aliphatic heterocycles. The van der Waals surface area contributed by atoms with Crippen molar-refractivity contribution in [2.24, 2.45) is 5.92 Å². The average Bonchev–Trinajstić information content (AvgIpc) is 2.51. The summed E-state index contributed by atoms with van der Waals surface area (Å²) in [4.78, 5) is 34.3. The Balaban J connectivity index is 2.69. The fraction of sp³-hybridized carbons (Fsp3) is 0.471. The third-order valence-electron chi connectivity index (χ3n) is 3.24. The van der Waals surface area contributed by atoms with Crippen LogP contribution in [0.4, 0.5) is 4.79 Å². The number of carbonyl (C=O) groups is 3. The summed E-state index contributed by atoms with van der Waals surface area (Å²) in [6, 6.07) is 6.10. The van der Waals surface area contributed by atoms with Gasteiger partial charge in [0.15, 0.2) is 0 Å². The standard InChI is InChI=1S/C17H22ClNO6/c1-10(2)16(22)24-11(3)25-17(23)19-14(8-9-15(20)21)12-4-6-13(18)7-5-12/h4-7,10-11,14H,8-9H2,1-3H3,(H,19,23)(H,20,21). The van der Waals surface area contributed by atoms with Crippen molar-refractivity contribution in [2.75, 3.05) is 0 Å². The number of ether oxygens (including phenoxy) is 2. The van der Waals surface area contributed by atoms with Gasteiger partial charge in [0.25, 0.3) is 0 Å². The first-order chi connectivity index (χ1) is 11.7. The van der Waals surface area contributed by atoms with E-state index < -0.39 is 30.4 Å². The lowest BCUT2D eigenvalue weighted by Gasteiger charge is -2.21. The van der Waals surface area contributed by atoms with Gasteiger partial charge in [0.05, 0.1) is 12.0 Å². The molecule has 7 nitrogen and oxygen atoms in total. The molecule has 0 fully saturated rings. The first-order valence-corrected chi connectivity index (χ1v) is 8.21. The van der Waals surface area contributed by atoms with Gasteiger partial charge in [-0.05, 0) is 24.1 Å². The predicted octanol–water partition coefficient (Wildman–Crippen LogP) is 3.52. The summed E-state index contributed by atoms with van der Waals surface area (Å²) < 4.78 is 9.94. The number of hydrogen-bond acceptors (Lipinski definition) is 5. The summed E-state index contributed by atoms with van der Waals surface area (Å²) in [5.41, 5.74) is 0.689. The summed E-state index contributed by atoms with van der Waals surface area (Å²) in [6.45, 7) is 4.75. The van der Waals surface area contributed by atoms with E-state index in [1.807, 2.05) is 0 Å². The second-order valence-electron chi connectivity index (χ2n) is 5.75. The van der Waals surface area contributed by atoms with Gasteiger partial charge in [-0.3, -0.25) is 9.59 Å². The van der Waals surface area contributed by atoms with E-state index in [0.29, 0.717) is 10.6 Å². The number of hydrogen-bond donors (Lipinski definition) is 2. The maximum absolute atomic E-state index is 12.0. The molecule has 1 aromatic carbocycles. The molecule has 1 aromatic rings. The van der Waals surface area contributed by atoms with Crippen LogP contribution >= 0.6 is 11.6 Å². The van der Waals surface area contributed by atoms with E-state index in [4.69, 9.17) is 26.2 Å². The van der Waals surface area contributed by atoms with Crippen LogP contribution < -0.4 is 5.32 Å². The smallest absolute Gasteiger partial charge is 0.410 e. The summed E-state index contributed by atoms with van der Waals surface area (Å²) in [7, 11) is 0. The molecule has 2 unspecified atom stereocenters. The van der Waals surface area contributed by atoms with Crippen molar-refractivity contribution >= 4 is 29.6 Å². The number of alkyl carbamates (subject to hydrolysis) is 1. The minimum Gasteiger partial charge on any atom is -0.481 e. The third kappa shape index (κ3) is 7.89. The molecule has 0 radical (unpaired) electrons. The van der Waals surface area contributed by atoms with E-state index in [1.165, 1.54) is 6.92 Å². The number of rotatable bonds is 8. The maximum Gasteiger partial charge on any atom is 0.410 e. The Morgan fingerprint density at radius 1 is 1.12 bits per heavy atom. The maximum atomic E-state index is 12.0. The molecule has 0 aliphatic carbocycles. The molecule has 8 heteroatoms. The number of nitrogens with one attached hydrogen (secondary N) is 1. The monoisotopic (exact) mass is 371 g/mol. The number of carbonyl (C=O) groups excluding carboxylic acids is 2. The van der Waals surface area contributed by atoms with E-state index in [-0.39, 0.29) is 18.8 Å². The summed E-state index contributed by atoms with van der Waals surface area (Å²) in [5.74, 6) is -1.81. The van der Waals surface area contributed by atoms with Crippen molar-refractivity contribution in [1.29, 1.82) is 0 Å². The number of halogens is 1. The topological polar surface area (TPSA) is 102 Å². The van der Waals surface area contributed by atoms with E-state index >= 15 is 0 Å². The van der Waals surface area contributed by atoms with Gasteiger partial charge in [-0.2, -0.15) is 0 Å². The lowest BCUT2D eigenvalue weighted by atomic mass is 10.0. The minimum absolute atomic E-state index is 0.133. The van der Waals surface area contributed by atoms with Crippen molar-refractivity contribution < 1.29 is 29.0 Å². The molecule has 2 N–H and O–H groups in total. The largest absolute Gasteiger partial charge is 0.481 e. The van der Waals surface area contributed by atoms with Gasteiger partial charge in [0.1, 0.15) is 0 Å². The number of amides is 1. The van der Waals surface area contributed by atoms with Gasteiger partial charge in [-0.15, -0.1) is 0 Å². The number of esters is 1. The van der Waals surface area contributed by atoms with Crippen LogP contribution in [0.15, 0.2) is 24.3 Å². The van der Waals surface area contributed by atoms with Crippen molar-refractivity contribution in [3.63, 3.8) is 0 Å². The number of aliphatic carboxylic acids is 1. The summed E-state index contributed by atoms with van der Waals surface area (Å²) >= 11 is 5.84. The van der Waals surface area contributed by atoms with Crippen LogP contribution in [0.2, 0.25) is 5.02 Å². The molecular weight excluding hydrogens is 350 g/mol. The highest BCUT2D eigenvalue weighted by Gasteiger charge is 2.20. The van der Waals surface area contributed by atoms with Gasteiger partial charge >= 0.3 is 18.0 Å². The SMILES string of the molecule is CC(OC(=O)NC(CCC(=O)O)c1ccc(Cl)cc1)OC(=O)C(C)C. The zero-order valence-electron chi connectivity index (χ0n) is 14.3. The van der Waals surface area contributed by atoms with Gasteiger partial charge in [0, 0.05) is 18.4 Å². The van der Waals surface area contributed by atoms with Crippen LogP contribution in [-0.4, -0.2) is 29.4 Å². The van der Waals surface area contributed by atoms with Crippen LogP contribution in [-0.2, 0) is 19.1 Å². The first kappa shape index (κ1) is 20.8. The molecule has 0 aliphatic rings. The zero-order chi connectivity index (χ0) is 19.0. The number of benzene rings is 1. The molecule has 1 rings (SSSR count). The van der Waals surface area contributed by atoms with Crippen molar-refractivity contribution in [3.05, 3.63) is 34.9 Å². The molecule has 0 saturated carbocycles. The van der Waals surface area contributed by atoms with Crippen molar-refractivity contribution in [2.45, 2.75) is 45.9 Å². The molecular formula is C17H22ClNO6. The molecule has 0 heterocycles. The highest BCUT2D eigenvalue weighted by molar-refractivity contribution is 6.30. The molecule has 138 valence electrons. The van der Waals surface area contributed by atoms with Crippen molar-refractivity contribution in [1.82, 2.24) is 5.32 Å². The quantitative estimate of drug-likeness (QED) is 0.535. The molecule has 0 aromatic heterocycles. The van der Waals surface area contributed by atoms with Gasteiger partial charge in [-0.25, -0.2) is 4.79 Å². The summed E-state index contributed by atoms with van der Waals surface area (Å²) in [5, 5.41) is 12.0. The van der Waals surface area contributed by atoms with E-state index in [0.717, 1.165) is 0 Å². The lowest BCUT2D eigenvalue weighted by molar-refractivity contribution is -0.168.